The van der Waals surface area contributed by atoms with E-state index in [9.17, 15) is 13.2 Å². The Morgan fingerprint density at radius 3 is 2.43 bits per heavy atom. The number of methoxy groups -OCH3 is 1. The Bertz CT molecular complexity index is 1180. The molecule has 0 aliphatic heterocycles. The van der Waals surface area contributed by atoms with Crippen molar-refractivity contribution < 1.29 is 22.4 Å². The number of aryl methyl sites for hydroxylation is 1. The summed E-state index contributed by atoms with van der Waals surface area (Å²) in [5, 5.41) is 0.972. The molecule has 0 aliphatic rings. The molecular formula is C22H26N2O5S. The van der Waals surface area contributed by atoms with Gasteiger partial charge in [0.05, 0.1) is 7.11 Å². The van der Waals surface area contributed by atoms with Gasteiger partial charge in [0.2, 0.25) is 10.0 Å². The fourth-order valence-electron chi connectivity index (χ4n) is 3.35. The Kier molecular flexibility index (Phi) is 6.19. The number of hydrogen-bond donors (Lipinski definition) is 0. The van der Waals surface area contributed by atoms with Crippen LogP contribution in [0, 0.1) is 0 Å². The van der Waals surface area contributed by atoms with Crippen molar-refractivity contribution in [3.63, 3.8) is 0 Å². The van der Waals surface area contributed by atoms with Crippen LogP contribution >= 0.6 is 0 Å². The summed E-state index contributed by atoms with van der Waals surface area (Å²) in [5.41, 5.74) is 2.01. The molecule has 160 valence electrons. The summed E-state index contributed by atoms with van der Waals surface area (Å²) in [6.07, 6.45) is 0.708. The lowest BCUT2D eigenvalue weighted by atomic mass is 10.1. The zero-order chi connectivity index (χ0) is 22.1. The molecule has 7 nitrogen and oxygen atoms in total. The van der Waals surface area contributed by atoms with E-state index < -0.39 is 10.0 Å². The maximum absolute atomic E-state index is 13.1. The minimum Gasteiger partial charge on any atom is -0.495 e. The highest BCUT2D eigenvalue weighted by Gasteiger charge is 2.25. The van der Waals surface area contributed by atoms with Gasteiger partial charge in [0, 0.05) is 50.6 Å². The minimum atomic E-state index is -3.77. The lowest BCUT2D eigenvalue weighted by Gasteiger charge is -2.19. The third kappa shape index (κ3) is 3.93. The topological polar surface area (TPSA) is 80.1 Å². The van der Waals surface area contributed by atoms with Crippen LogP contribution in [0.4, 0.5) is 0 Å². The molecule has 1 aromatic heterocycles. The van der Waals surface area contributed by atoms with E-state index in [4.69, 9.17) is 9.15 Å². The Morgan fingerprint density at radius 2 is 1.80 bits per heavy atom. The third-order valence-electron chi connectivity index (χ3n) is 5.01. The quantitative estimate of drug-likeness (QED) is 0.573. The predicted octanol–water partition coefficient (Wildman–Crippen LogP) is 3.53. The molecule has 3 rings (SSSR count). The number of nitrogens with zero attached hydrogens (tertiary/aromatic N) is 2. The lowest BCUT2D eigenvalue weighted by molar-refractivity contribution is 0.0784. The third-order valence-corrected chi connectivity index (χ3v) is 6.85. The molecule has 0 saturated carbocycles. The molecule has 0 spiro atoms. The normalized spacial score (nSPS) is 11.8. The van der Waals surface area contributed by atoms with Crippen LogP contribution in [0.3, 0.4) is 0 Å². The van der Waals surface area contributed by atoms with E-state index in [2.05, 4.69) is 0 Å². The maximum atomic E-state index is 13.1. The van der Waals surface area contributed by atoms with Gasteiger partial charge in [-0.25, -0.2) is 12.7 Å². The fourth-order valence-corrected chi connectivity index (χ4v) is 4.42. The second-order valence-electron chi connectivity index (χ2n) is 7.17. The standard InChI is InChI=1S/C22H26N2O5S/c1-6-18-17(16-9-7-8-10-19(16)29-18)14-24(4)22(25)15-11-12-20(28-5)21(13-15)30(26,27)23(2)3/h7-13H,6,14H2,1-5H3. The number of amides is 1. The molecule has 1 amide bonds. The number of sulfonamides is 1. The van der Waals surface area contributed by atoms with Gasteiger partial charge < -0.3 is 14.1 Å². The smallest absolute Gasteiger partial charge is 0.253 e. The van der Waals surface area contributed by atoms with Crippen molar-refractivity contribution in [3.8, 4) is 5.75 Å². The summed E-state index contributed by atoms with van der Waals surface area (Å²) >= 11 is 0. The van der Waals surface area contributed by atoms with Gasteiger partial charge in [-0.05, 0) is 24.3 Å². The zero-order valence-corrected chi connectivity index (χ0v) is 18.6. The number of fused-ring (bicyclic) bond motifs is 1. The Morgan fingerprint density at radius 1 is 1.10 bits per heavy atom. The first-order chi connectivity index (χ1) is 14.2. The highest BCUT2D eigenvalue weighted by atomic mass is 32.2. The van der Waals surface area contributed by atoms with E-state index in [0.717, 1.165) is 26.6 Å². The summed E-state index contributed by atoms with van der Waals surface area (Å²) in [4.78, 5) is 14.6. The van der Waals surface area contributed by atoms with Crippen LogP contribution in [0.2, 0.25) is 0 Å². The molecule has 0 fully saturated rings. The molecule has 2 aromatic carbocycles. The van der Waals surface area contributed by atoms with Gasteiger partial charge in [-0.2, -0.15) is 0 Å². The number of benzene rings is 2. The van der Waals surface area contributed by atoms with Crippen LogP contribution in [-0.2, 0) is 23.0 Å². The Labute approximate surface area is 176 Å². The summed E-state index contributed by atoms with van der Waals surface area (Å²) < 4.78 is 37.5. The maximum Gasteiger partial charge on any atom is 0.253 e. The van der Waals surface area contributed by atoms with E-state index in [0.29, 0.717) is 13.0 Å². The highest BCUT2D eigenvalue weighted by Crippen LogP contribution is 2.29. The van der Waals surface area contributed by atoms with Crippen LogP contribution < -0.4 is 4.74 Å². The van der Waals surface area contributed by atoms with E-state index in [-0.39, 0.29) is 22.1 Å². The second-order valence-corrected chi connectivity index (χ2v) is 9.29. The monoisotopic (exact) mass is 430 g/mol. The molecule has 0 radical (unpaired) electrons. The second kappa shape index (κ2) is 8.49. The first-order valence-electron chi connectivity index (χ1n) is 9.56. The Balaban J connectivity index is 1.96. The number of hydrogen-bond acceptors (Lipinski definition) is 5. The van der Waals surface area contributed by atoms with Gasteiger partial charge in [-0.1, -0.05) is 25.1 Å². The van der Waals surface area contributed by atoms with Crippen LogP contribution in [0.15, 0.2) is 51.8 Å². The number of furan rings is 1. The van der Waals surface area contributed by atoms with Gasteiger partial charge in [0.15, 0.2) is 0 Å². The van der Waals surface area contributed by atoms with Crippen molar-refractivity contribution in [2.24, 2.45) is 0 Å². The number of carbonyl (C=O) groups is 1. The molecule has 0 unspecified atom stereocenters. The fraction of sp³-hybridized carbons (Fsp3) is 0.318. The van der Waals surface area contributed by atoms with Crippen LogP contribution in [0.1, 0.15) is 28.6 Å². The summed E-state index contributed by atoms with van der Waals surface area (Å²) in [6.45, 7) is 2.35. The van der Waals surface area contributed by atoms with Crippen molar-refractivity contribution in [1.82, 2.24) is 9.21 Å². The molecule has 30 heavy (non-hydrogen) atoms. The molecule has 1 heterocycles. The summed E-state index contributed by atoms with van der Waals surface area (Å²) in [7, 11) is 2.19. The van der Waals surface area contributed by atoms with Gasteiger partial charge in [-0.3, -0.25) is 4.79 Å². The van der Waals surface area contributed by atoms with Gasteiger partial charge in [0.1, 0.15) is 22.0 Å². The molecule has 0 atom stereocenters. The number of rotatable bonds is 7. The number of ether oxygens (including phenoxy) is 1. The van der Waals surface area contributed by atoms with Crippen molar-refractivity contribution in [3.05, 3.63) is 59.4 Å². The minimum absolute atomic E-state index is 0.0442. The van der Waals surface area contributed by atoms with E-state index >= 15 is 0 Å². The van der Waals surface area contributed by atoms with Crippen LogP contribution in [0.25, 0.3) is 11.0 Å². The van der Waals surface area contributed by atoms with Crippen molar-refractivity contribution in [2.45, 2.75) is 24.8 Å². The largest absolute Gasteiger partial charge is 0.495 e. The zero-order valence-electron chi connectivity index (χ0n) is 17.8. The predicted molar refractivity (Wildman–Crippen MR) is 115 cm³/mol. The van der Waals surface area contributed by atoms with E-state index in [1.165, 1.54) is 33.3 Å². The number of carbonyl (C=O) groups excluding carboxylic acids is 1. The average Bonchev–Trinajstić information content (AvgIpc) is 3.10. The molecule has 3 aromatic rings. The van der Waals surface area contributed by atoms with Crippen LogP contribution in [0.5, 0.6) is 5.75 Å². The van der Waals surface area contributed by atoms with E-state index in [1.807, 2.05) is 31.2 Å². The van der Waals surface area contributed by atoms with Gasteiger partial charge >= 0.3 is 0 Å². The summed E-state index contributed by atoms with van der Waals surface area (Å²) in [5.74, 6) is 0.735. The molecule has 0 saturated heterocycles. The number of para-hydroxylation sites is 1. The van der Waals surface area contributed by atoms with Crippen molar-refractivity contribution in [1.29, 1.82) is 0 Å². The van der Waals surface area contributed by atoms with Crippen molar-refractivity contribution >= 4 is 26.9 Å². The molecule has 0 bridgehead atoms. The lowest BCUT2D eigenvalue weighted by Crippen LogP contribution is -2.27. The molecular weight excluding hydrogens is 404 g/mol. The summed E-state index contributed by atoms with van der Waals surface area (Å²) in [6, 6.07) is 12.2. The van der Waals surface area contributed by atoms with Crippen molar-refractivity contribution in [2.75, 3.05) is 28.3 Å². The van der Waals surface area contributed by atoms with Gasteiger partial charge in [-0.15, -0.1) is 0 Å². The first-order valence-corrected chi connectivity index (χ1v) is 11.0. The van der Waals surface area contributed by atoms with Crippen LogP contribution in [-0.4, -0.2) is 51.8 Å². The molecule has 0 N–H and O–H groups in total. The average molecular weight is 431 g/mol. The Hall–Kier alpha value is -2.84. The van der Waals surface area contributed by atoms with E-state index in [1.54, 1.807) is 18.0 Å². The SMILES string of the molecule is CCc1oc2ccccc2c1CN(C)C(=O)c1ccc(OC)c(S(=O)(=O)N(C)C)c1. The molecule has 0 aliphatic carbocycles. The highest BCUT2D eigenvalue weighted by molar-refractivity contribution is 7.89. The van der Waals surface area contributed by atoms with Gasteiger partial charge in [0.25, 0.3) is 5.91 Å². The molecule has 8 heteroatoms. The first kappa shape index (κ1) is 21.9.